The first-order chi connectivity index (χ1) is 7.65. The fourth-order valence-electron chi connectivity index (χ4n) is 2.05. The summed E-state index contributed by atoms with van der Waals surface area (Å²) in [6, 6.07) is 0. The number of carbonyl (C=O) groups excluding carboxylic acids is 1. The summed E-state index contributed by atoms with van der Waals surface area (Å²) < 4.78 is 6.06. The van der Waals surface area contributed by atoms with Crippen LogP contribution in [0.1, 0.15) is 36.6 Å². The van der Waals surface area contributed by atoms with Crippen LogP contribution in [-0.4, -0.2) is 17.2 Å². The van der Waals surface area contributed by atoms with Gasteiger partial charge in [-0.25, -0.2) is 9.78 Å². The van der Waals surface area contributed by atoms with Gasteiger partial charge in [-0.3, -0.25) is 0 Å². The predicted octanol–water partition coefficient (Wildman–Crippen LogP) is 3.03. The molecule has 0 saturated heterocycles. The zero-order valence-electron chi connectivity index (χ0n) is 8.69. The molecule has 16 heavy (non-hydrogen) atoms. The minimum Gasteiger partial charge on any atom is -0.446 e. The number of primary amides is 1. The van der Waals surface area contributed by atoms with Crippen LogP contribution < -0.4 is 5.73 Å². The van der Waals surface area contributed by atoms with Crippen molar-refractivity contribution in [2.24, 2.45) is 5.73 Å². The third kappa shape index (κ3) is 2.95. The van der Waals surface area contributed by atoms with Crippen LogP contribution in [0.2, 0.25) is 0 Å². The van der Waals surface area contributed by atoms with Gasteiger partial charge in [0.15, 0.2) is 0 Å². The van der Waals surface area contributed by atoms with Crippen molar-refractivity contribution >= 4 is 33.4 Å². The Hall–Kier alpha value is -0.620. The van der Waals surface area contributed by atoms with E-state index >= 15 is 0 Å². The van der Waals surface area contributed by atoms with Crippen LogP contribution in [-0.2, 0) is 4.74 Å². The molecule has 0 spiro atoms. The molecule has 2 rings (SSSR count). The lowest BCUT2D eigenvalue weighted by molar-refractivity contribution is 0.0787. The highest BCUT2D eigenvalue weighted by molar-refractivity contribution is 9.11. The van der Waals surface area contributed by atoms with Gasteiger partial charge in [0.1, 0.15) is 6.10 Å². The number of ether oxygens (including phenoxy) is 1. The molecule has 88 valence electrons. The summed E-state index contributed by atoms with van der Waals surface area (Å²) in [4.78, 5) is 15.0. The topological polar surface area (TPSA) is 65.2 Å². The van der Waals surface area contributed by atoms with Crippen LogP contribution in [0.3, 0.4) is 0 Å². The Balaban J connectivity index is 1.87. The fraction of sp³-hybridized carbons (Fsp3) is 0.600. The Morgan fingerprint density at radius 1 is 1.50 bits per heavy atom. The number of carbonyl (C=O) groups is 1. The van der Waals surface area contributed by atoms with E-state index in [1.165, 1.54) is 5.01 Å². The molecule has 1 amide bonds. The summed E-state index contributed by atoms with van der Waals surface area (Å²) in [5.74, 6) is 0.504. The number of amides is 1. The monoisotopic (exact) mass is 304 g/mol. The van der Waals surface area contributed by atoms with E-state index in [9.17, 15) is 4.79 Å². The second-order valence-corrected chi connectivity index (χ2v) is 6.35. The normalized spacial score (nSPS) is 25.3. The van der Waals surface area contributed by atoms with Crippen molar-refractivity contribution in [1.29, 1.82) is 0 Å². The van der Waals surface area contributed by atoms with E-state index in [0.29, 0.717) is 5.92 Å². The third-order valence-corrected chi connectivity index (χ3v) is 4.44. The zero-order valence-corrected chi connectivity index (χ0v) is 11.1. The molecule has 1 aliphatic rings. The minimum atomic E-state index is -0.666. The lowest BCUT2D eigenvalue weighted by atomic mass is 9.88. The largest absolute Gasteiger partial charge is 0.446 e. The van der Waals surface area contributed by atoms with Crippen molar-refractivity contribution in [1.82, 2.24) is 4.98 Å². The Kier molecular flexibility index (Phi) is 3.81. The molecule has 0 unspecified atom stereocenters. The van der Waals surface area contributed by atoms with Gasteiger partial charge in [-0.1, -0.05) is 0 Å². The van der Waals surface area contributed by atoms with Gasteiger partial charge in [0.25, 0.3) is 0 Å². The Morgan fingerprint density at radius 3 is 2.69 bits per heavy atom. The van der Waals surface area contributed by atoms with Crippen LogP contribution in [0.5, 0.6) is 0 Å². The molecule has 0 radical (unpaired) electrons. The molecule has 0 aliphatic heterocycles. The summed E-state index contributed by atoms with van der Waals surface area (Å²) in [7, 11) is 0. The summed E-state index contributed by atoms with van der Waals surface area (Å²) in [5, 5.41) is 1.17. The van der Waals surface area contributed by atoms with Crippen LogP contribution in [0.4, 0.5) is 4.79 Å². The molecule has 1 aromatic heterocycles. The number of hydrogen-bond acceptors (Lipinski definition) is 4. The Morgan fingerprint density at radius 2 is 2.19 bits per heavy atom. The number of hydrogen-bond donors (Lipinski definition) is 1. The van der Waals surface area contributed by atoms with Crippen molar-refractivity contribution < 1.29 is 9.53 Å². The van der Waals surface area contributed by atoms with Gasteiger partial charge in [0, 0.05) is 5.92 Å². The molecule has 0 atom stereocenters. The maximum atomic E-state index is 10.6. The quantitative estimate of drug-likeness (QED) is 0.913. The highest BCUT2D eigenvalue weighted by atomic mass is 79.9. The molecule has 1 saturated carbocycles. The van der Waals surface area contributed by atoms with Gasteiger partial charge in [-0.2, -0.15) is 0 Å². The van der Waals surface area contributed by atoms with Crippen molar-refractivity contribution in [3.63, 3.8) is 0 Å². The highest BCUT2D eigenvalue weighted by Gasteiger charge is 2.25. The molecule has 6 heteroatoms. The molecule has 4 nitrogen and oxygen atoms in total. The number of thiazole rings is 1. The number of aromatic nitrogens is 1. The fourth-order valence-corrected chi connectivity index (χ4v) is 3.46. The van der Waals surface area contributed by atoms with E-state index in [4.69, 9.17) is 10.5 Å². The van der Waals surface area contributed by atoms with E-state index in [1.807, 2.05) is 6.20 Å². The third-order valence-electron chi connectivity index (χ3n) is 2.80. The second-order valence-electron chi connectivity index (χ2n) is 3.91. The number of nitrogens with zero attached hydrogens (tertiary/aromatic N) is 1. The molecule has 0 bridgehead atoms. The molecule has 1 aliphatic carbocycles. The van der Waals surface area contributed by atoms with Crippen molar-refractivity contribution in [2.75, 3.05) is 0 Å². The van der Waals surface area contributed by atoms with Crippen molar-refractivity contribution in [2.45, 2.75) is 37.7 Å². The molecule has 1 heterocycles. The smallest absolute Gasteiger partial charge is 0.404 e. The summed E-state index contributed by atoms with van der Waals surface area (Å²) >= 11 is 5.10. The van der Waals surface area contributed by atoms with Crippen LogP contribution in [0.25, 0.3) is 0 Å². The maximum absolute atomic E-state index is 10.6. The van der Waals surface area contributed by atoms with Gasteiger partial charge in [-0.15, -0.1) is 11.3 Å². The van der Waals surface area contributed by atoms with Crippen LogP contribution in [0, 0.1) is 0 Å². The molecular weight excluding hydrogens is 292 g/mol. The van der Waals surface area contributed by atoms with E-state index in [-0.39, 0.29) is 6.10 Å². The number of nitrogens with two attached hydrogens (primary N) is 1. The van der Waals surface area contributed by atoms with Crippen LogP contribution in [0.15, 0.2) is 9.98 Å². The SMILES string of the molecule is NC(=O)OC1CCC(c2ncc(Br)s2)CC1. The van der Waals surface area contributed by atoms with E-state index < -0.39 is 6.09 Å². The molecular formula is C10H13BrN2O2S. The Bertz CT molecular complexity index is 375. The van der Waals surface area contributed by atoms with Crippen molar-refractivity contribution in [3.8, 4) is 0 Å². The first-order valence-corrected chi connectivity index (χ1v) is 6.83. The van der Waals surface area contributed by atoms with Gasteiger partial charge < -0.3 is 10.5 Å². The van der Waals surface area contributed by atoms with Crippen molar-refractivity contribution in [3.05, 3.63) is 15.0 Å². The van der Waals surface area contributed by atoms with Gasteiger partial charge in [-0.05, 0) is 41.6 Å². The first-order valence-electron chi connectivity index (χ1n) is 5.22. The lowest BCUT2D eigenvalue weighted by Gasteiger charge is -2.26. The molecule has 2 N–H and O–H groups in total. The number of halogens is 1. The van der Waals surface area contributed by atoms with Gasteiger partial charge in [0.2, 0.25) is 0 Å². The molecule has 0 aromatic carbocycles. The standard InChI is InChI=1S/C10H13BrN2O2S/c11-8-5-13-9(16-8)6-1-3-7(4-2-6)15-10(12)14/h5-7H,1-4H2,(H2,12,14). The number of rotatable bonds is 2. The summed E-state index contributed by atoms with van der Waals surface area (Å²) in [5.41, 5.74) is 4.99. The van der Waals surface area contributed by atoms with Gasteiger partial charge in [0.05, 0.1) is 15.0 Å². The average molecular weight is 305 g/mol. The first kappa shape index (κ1) is 11.9. The predicted molar refractivity (Wildman–Crippen MR) is 65.5 cm³/mol. The highest BCUT2D eigenvalue weighted by Crippen LogP contribution is 2.36. The lowest BCUT2D eigenvalue weighted by Crippen LogP contribution is -2.26. The summed E-state index contributed by atoms with van der Waals surface area (Å²) in [6.07, 6.45) is 4.95. The van der Waals surface area contributed by atoms with E-state index in [1.54, 1.807) is 11.3 Å². The van der Waals surface area contributed by atoms with E-state index in [2.05, 4.69) is 20.9 Å². The van der Waals surface area contributed by atoms with Gasteiger partial charge >= 0.3 is 6.09 Å². The maximum Gasteiger partial charge on any atom is 0.404 e. The summed E-state index contributed by atoms with van der Waals surface area (Å²) in [6.45, 7) is 0. The minimum absolute atomic E-state index is 0.00264. The zero-order chi connectivity index (χ0) is 11.5. The van der Waals surface area contributed by atoms with E-state index in [0.717, 1.165) is 29.5 Å². The second kappa shape index (κ2) is 5.14. The molecule has 1 fully saturated rings. The Labute approximate surface area is 106 Å². The molecule has 1 aromatic rings. The average Bonchev–Trinajstić information content (AvgIpc) is 2.65. The van der Waals surface area contributed by atoms with Crippen LogP contribution >= 0.6 is 27.3 Å².